The molecule has 2 aromatic carbocycles. The van der Waals surface area contributed by atoms with Gasteiger partial charge in [0.15, 0.2) is 0 Å². The average molecular weight is 724 g/mol. The number of nitrogens with one attached hydrogen (secondary N) is 2. The van der Waals surface area contributed by atoms with Gasteiger partial charge in [-0.2, -0.15) is 5.26 Å². The third-order valence-electron chi connectivity index (χ3n) is 11.1. The fourth-order valence-electron chi connectivity index (χ4n) is 8.64. The van der Waals surface area contributed by atoms with Gasteiger partial charge in [0.05, 0.1) is 16.1 Å². The van der Waals surface area contributed by atoms with Gasteiger partial charge < -0.3 is 19.9 Å². The third-order valence-corrected chi connectivity index (χ3v) is 11.4. The Kier molecular flexibility index (Phi) is 9.21. The molecule has 12 nitrogen and oxygen atoms in total. The van der Waals surface area contributed by atoms with Gasteiger partial charge >= 0.3 is 0 Å². The van der Waals surface area contributed by atoms with Crippen molar-refractivity contribution >= 4 is 41.0 Å². The lowest BCUT2D eigenvalue weighted by atomic mass is 9.49. The summed E-state index contributed by atoms with van der Waals surface area (Å²) >= 11 is 6.23. The van der Waals surface area contributed by atoms with Crippen LogP contribution in [0.15, 0.2) is 54.7 Å². The molecule has 7 rings (SSSR count). The Balaban J connectivity index is 0.907. The minimum absolute atomic E-state index is 0.158. The molecule has 3 fully saturated rings. The Hall–Kier alpha value is -4.99. The summed E-state index contributed by atoms with van der Waals surface area (Å²) < 4.78 is 6.35. The highest BCUT2D eigenvalue weighted by Crippen LogP contribution is 2.55. The van der Waals surface area contributed by atoms with Crippen LogP contribution in [0.5, 0.6) is 5.75 Å². The molecule has 3 aliphatic heterocycles. The van der Waals surface area contributed by atoms with Gasteiger partial charge in [0.25, 0.3) is 11.8 Å². The summed E-state index contributed by atoms with van der Waals surface area (Å²) in [4.78, 5) is 61.3. The predicted octanol–water partition coefficient (Wildman–Crippen LogP) is 4.30. The molecule has 4 heterocycles. The van der Waals surface area contributed by atoms with Crippen molar-refractivity contribution in [3.8, 4) is 11.8 Å². The van der Waals surface area contributed by atoms with Crippen LogP contribution in [0, 0.1) is 22.2 Å². The number of benzene rings is 2. The van der Waals surface area contributed by atoms with Gasteiger partial charge in [-0.25, -0.2) is 4.98 Å². The molecule has 4 amide bonds. The molecule has 2 saturated heterocycles. The second-order valence-electron chi connectivity index (χ2n) is 15.4. The van der Waals surface area contributed by atoms with Crippen LogP contribution in [0.3, 0.4) is 0 Å². The fraction of sp³-hybridized carbons (Fsp3) is 0.436. The Labute approximate surface area is 308 Å². The first-order valence-corrected chi connectivity index (χ1v) is 18.0. The lowest BCUT2D eigenvalue weighted by Crippen LogP contribution is -2.74. The molecular weight excluding hydrogens is 682 g/mol. The van der Waals surface area contributed by atoms with E-state index in [1.807, 2.05) is 24.3 Å². The van der Waals surface area contributed by atoms with Crippen LogP contribution < -0.4 is 20.3 Å². The number of nitrogens with zero attached hydrogens (tertiary/aromatic N) is 5. The zero-order valence-corrected chi connectivity index (χ0v) is 30.5. The number of piperidine rings is 1. The summed E-state index contributed by atoms with van der Waals surface area (Å²) in [5, 5.41) is 15.1. The first kappa shape index (κ1) is 35.4. The Bertz CT molecular complexity index is 1970. The van der Waals surface area contributed by atoms with Crippen LogP contribution in [0.2, 0.25) is 5.02 Å². The number of anilines is 1. The molecule has 4 aliphatic rings. The fourth-order valence-corrected chi connectivity index (χ4v) is 8.85. The summed E-state index contributed by atoms with van der Waals surface area (Å²) in [6, 6.07) is 15.9. The topological polar surface area (TPSA) is 148 Å². The molecule has 0 bridgehead atoms. The first-order chi connectivity index (χ1) is 24.8. The number of carbonyl (C=O) groups excluding carboxylic acids is 4. The third kappa shape index (κ3) is 6.48. The van der Waals surface area contributed by atoms with Crippen molar-refractivity contribution in [1.82, 2.24) is 25.4 Å². The van der Waals surface area contributed by atoms with Crippen LogP contribution in [0.25, 0.3) is 0 Å². The Morgan fingerprint density at radius 2 is 1.79 bits per heavy atom. The lowest BCUT2D eigenvalue weighted by molar-refractivity contribution is -0.164. The van der Waals surface area contributed by atoms with Crippen molar-refractivity contribution in [3.05, 3.63) is 87.6 Å². The van der Waals surface area contributed by atoms with E-state index in [0.717, 1.165) is 49.7 Å². The van der Waals surface area contributed by atoms with Crippen LogP contribution in [0.1, 0.15) is 77.9 Å². The highest BCUT2D eigenvalue weighted by atomic mass is 35.5. The highest BCUT2D eigenvalue weighted by molar-refractivity contribution is 6.31. The largest absolute Gasteiger partial charge is 0.489 e. The van der Waals surface area contributed by atoms with E-state index in [1.165, 1.54) is 0 Å². The molecule has 2 N–H and O–H groups in total. The van der Waals surface area contributed by atoms with Gasteiger partial charge in [-0.05, 0) is 47.9 Å². The molecule has 1 saturated carbocycles. The Morgan fingerprint density at radius 1 is 1.04 bits per heavy atom. The summed E-state index contributed by atoms with van der Waals surface area (Å²) in [5.41, 5.74) is 2.76. The lowest BCUT2D eigenvalue weighted by Gasteiger charge is -2.63. The molecule has 1 aliphatic carbocycles. The van der Waals surface area contributed by atoms with Gasteiger partial charge in [0.2, 0.25) is 11.8 Å². The number of pyridine rings is 1. The number of piperazine rings is 1. The van der Waals surface area contributed by atoms with Crippen molar-refractivity contribution in [2.45, 2.75) is 71.8 Å². The maximum absolute atomic E-state index is 13.4. The van der Waals surface area contributed by atoms with Gasteiger partial charge in [0, 0.05) is 80.4 Å². The summed E-state index contributed by atoms with van der Waals surface area (Å²) in [7, 11) is 0. The number of rotatable bonds is 8. The number of nitriles is 1. The molecule has 52 heavy (non-hydrogen) atoms. The van der Waals surface area contributed by atoms with Crippen molar-refractivity contribution in [1.29, 1.82) is 5.26 Å². The number of aromatic nitrogens is 1. The first-order valence-electron chi connectivity index (χ1n) is 17.6. The highest BCUT2D eigenvalue weighted by Gasteiger charge is 2.64. The van der Waals surface area contributed by atoms with Crippen molar-refractivity contribution < 1.29 is 23.9 Å². The van der Waals surface area contributed by atoms with Crippen LogP contribution >= 0.6 is 11.6 Å². The maximum Gasteiger partial charge on any atom is 0.255 e. The zero-order chi connectivity index (χ0) is 36.9. The molecule has 1 aromatic heterocycles. The van der Waals surface area contributed by atoms with E-state index < -0.39 is 11.9 Å². The Morgan fingerprint density at radius 3 is 2.44 bits per heavy atom. The van der Waals surface area contributed by atoms with Gasteiger partial charge in [-0.3, -0.25) is 29.4 Å². The number of ether oxygens (including phenoxy) is 1. The second kappa shape index (κ2) is 13.5. The SMILES string of the molecule is CC1(C)C(NC(=O)c2ccc(N3CCN(Cc4ccc5c(c4)CN(C4CCC(=O)NC4=O)C5=O)CC3)nc2)C(C)(C)C1Oc1ccc(C#N)c(Cl)c1. The number of fused-ring (bicyclic) bond motifs is 1. The zero-order valence-electron chi connectivity index (χ0n) is 29.7. The minimum Gasteiger partial charge on any atom is -0.489 e. The molecule has 13 heteroatoms. The molecule has 3 aromatic rings. The van der Waals surface area contributed by atoms with E-state index in [9.17, 15) is 24.4 Å². The van der Waals surface area contributed by atoms with E-state index in [4.69, 9.17) is 16.3 Å². The molecule has 0 radical (unpaired) electrons. The number of imide groups is 1. The standard InChI is InChI=1S/C39H42ClN7O5/c1-38(2)36(39(3,4)37(38)52-27-8-6-24(19-41)29(40)18-27)44-33(49)25-7-11-31(42-20-25)46-15-13-45(14-16-46)21-23-5-9-28-26(17-23)22-47(35(28)51)30-10-12-32(48)43-34(30)50/h5-9,11,17-18,20,30,36-37H,10,12-16,21-22H2,1-4H3,(H,44,49)(H,43,48,50). The van der Waals surface area contributed by atoms with Crippen molar-refractivity contribution in [2.75, 3.05) is 31.1 Å². The van der Waals surface area contributed by atoms with Crippen LogP contribution in [0.4, 0.5) is 5.82 Å². The number of halogens is 1. The van der Waals surface area contributed by atoms with Crippen LogP contribution in [-0.4, -0.2) is 82.8 Å². The maximum atomic E-state index is 13.4. The normalized spacial score (nSPS) is 23.7. The van der Waals surface area contributed by atoms with E-state index in [2.05, 4.69) is 65.2 Å². The molecule has 1 unspecified atom stereocenters. The molecule has 0 spiro atoms. The quantitative estimate of drug-likeness (QED) is 0.325. The minimum atomic E-state index is -0.621. The predicted molar refractivity (Wildman–Crippen MR) is 194 cm³/mol. The van der Waals surface area contributed by atoms with Gasteiger partial charge in [-0.15, -0.1) is 0 Å². The van der Waals surface area contributed by atoms with Crippen molar-refractivity contribution in [3.63, 3.8) is 0 Å². The van der Waals surface area contributed by atoms with E-state index in [0.29, 0.717) is 40.4 Å². The molecular formula is C39H42ClN7O5. The summed E-state index contributed by atoms with van der Waals surface area (Å²) in [6.07, 6.45) is 2.01. The van der Waals surface area contributed by atoms with Crippen molar-refractivity contribution in [2.24, 2.45) is 10.8 Å². The van der Waals surface area contributed by atoms with E-state index >= 15 is 0 Å². The van der Waals surface area contributed by atoms with Gasteiger partial charge in [-0.1, -0.05) is 51.4 Å². The number of hydrogen-bond acceptors (Lipinski definition) is 9. The number of amides is 4. The average Bonchev–Trinajstić information content (AvgIpc) is 3.44. The van der Waals surface area contributed by atoms with Crippen LogP contribution in [-0.2, 0) is 22.7 Å². The summed E-state index contributed by atoms with van der Waals surface area (Å²) in [5.74, 6) is 0.350. The molecule has 1 atom stereocenters. The number of carbonyl (C=O) groups is 4. The van der Waals surface area contributed by atoms with E-state index in [-0.39, 0.29) is 47.1 Å². The monoisotopic (exact) mass is 723 g/mol. The van der Waals surface area contributed by atoms with Gasteiger partial charge in [0.1, 0.15) is 29.8 Å². The van der Waals surface area contributed by atoms with E-state index in [1.54, 1.807) is 29.3 Å². The second-order valence-corrected chi connectivity index (χ2v) is 15.8. The molecule has 270 valence electrons. The number of hydrogen-bond donors (Lipinski definition) is 2. The smallest absolute Gasteiger partial charge is 0.255 e. The summed E-state index contributed by atoms with van der Waals surface area (Å²) in [6.45, 7) is 12.6.